The average Bonchev–Trinajstić information content (AvgIpc) is 3.24. The molecule has 0 saturated heterocycles. The molecule has 4 heteroatoms. The lowest BCUT2D eigenvalue weighted by atomic mass is 9.95. The van der Waals surface area contributed by atoms with Gasteiger partial charge >= 0.3 is 0 Å². The molecular weight excluding hydrogens is 633 g/mol. The first-order valence-electron chi connectivity index (χ1n) is 17.4. The highest BCUT2D eigenvalue weighted by molar-refractivity contribution is 5.96. The molecule has 0 unspecified atom stereocenters. The minimum absolute atomic E-state index is 0.644. The molecule has 9 aromatic rings. The van der Waals surface area contributed by atoms with Gasteiger partial charge in [-0.15, -0.1) is 0 Å². The van der Waals surface area contributed by atoms with Crippen LogP contribution in [-0.2, 0) is 0 Å². The highest BCUT2D eigenvalue weighted by Gasteiger charge is 2.17. The van der Waals surface area contributed by atoms with Gasteiger partial charge in [0.05, 0.1) is 22.6 Å². The summed E-state index contributed by atoms with van der Waals surface area (Å²) in [4.78, 5) is 20.3. The minimum atomic E-state index is 0.644. The SMILES string of the molecule is c1ccc(-c2cc(-c3ccccc3)nc(-c3cc(-c4cccnc4)cc(-c4nc(-c5ccccc5)c5ccc(-c6ccccc6)cc5n4)c3)c2)cc1. The van der Waals surface area contributed by atoms with E-state index in [0.717, 1.165) is 83.6 Å². The molecule has 52 heavy (non-hydrogen) atoms. The van der Waals surface area contributed by atoms with Gasteiger partial charge < -0.3 is 0 Å². The molecule has 0 bridgehead atoms. The highest BCUT2D eigenvalue weighted by atomic mass is 14.9. The van der Waals surface area contributed by atoms with E-state index >= 15 is 0 Å². The van der Waals surface area contributed by atoms with Gasteiger partial charge in [0, 0.05) is 45.6 Å². The third-order valence-corrected chi connectivity index (χ3v) is 9.34. The predicted octanol–water partition coefficient (Wildman–Crippen LogP) is 12.1. The Morgan fingerprint density at radius 1 is 0.308 bits per heavy atom. The second-order valence-corrected chi connectivity index (χ2v) is 12.8. The van der Waals surface area contributed by atoms with E-state index in [1.165, 1.54) is 0 Å². The maximum atomic E-state index is 5.30. The van der Waals surface area contributed by atoms with Crippen LogP contribution >= 0.6 is 0 Å². The molecular formula is C48H32N4. The number of benzene rings is 6. The highest BCUT2D eigenvalue weighted by Crippen LogP contribution is 2.37. The smallest absolute Gasteiger partial charge is 0.160 e. The predicted molar refractivity (Wildman–Crippen MR) is 213 cm³/mol. The van der Waals surface area contributed by atoms with Crippen LogP contribution in [-0.4, -0.2) is 19.9 Å². The number of nitrogens with zero attached hydrogens (tertiary/aromatic N) is 4. The first-order chi connectivity index (χ1) is 25.7. The molecule has 244 valence electrons. The van der Waals surface area contributed by atoms with E-state index in [0.29, 0.717) is 5.82 Å². The summed E-state index contributed by atoms with van der Waals surface area (Å²) < 4.78 is 0. The van der Waals surface area contributed by atoms with Crippen molar-refractivity contribution in [1.82, 2.24) is 19.9 Å². The Balaban J connectivity index is 1.28. The van der Waals surface area contributed by atoms with Crippen LogP contribution in [0, 0.1) is 0 Å². The van der Waals surface area contributed by atoms with Gasteiger partial charge in [-0.2, -0.15) is 0 Å². The molecule has 4 nitrogen and oxygen atoms in total. The number of hydrogen-bond donors (Lipinski definition) is 0. The summed E-state index contributed by atoms with van der Waals surface area (Å²) in [5.74, 6) is 0.644. The molecule has 3 aromatic heterocycles. The Hall–Kier alpha value is -7.04. The van der Waals surface area contributed by atoms with Crippen molar-refractivity contribution in [3.05, 3.63) is 194 Å². The fourth-order valence-corrected chi connectivity index (χ4v) is 6.72. The summed E-state index contributed by atoms with van der Waals surface area (Å²) in [5, 5.41) is 1.00. The zero-order valence-corrected chi connectivity index (χ0v) is 28.3. The van der Waals surface area contributed by atoms with E-state index in [-0.39, 0.29) is 0 Å². The van der Waals surface area contributed by atoms with Gasteiger partial charge in [-0.1, -0.05) is 133 Å². The largest absolute Gasteiger partial charge is 0.264 e. The summed E-state index contributed by atoms with van der Waals surface area (Å²) in [7, 11) is 0. The summed E-state index contributed by atoms with van der Waals surface area (Å²) in [6.07, 6.45) is 3.70. The maximum Gasteiger partial charge on any atom is 0.160 e. The number of aromatic nitrogens is 4. The van der Waals surface area contributed by atoms with Gasteiger partial charge in [0.25, 0.3) is 0 Å². The summed E-state index contributed by atoms with van der Waals surface area (Å²) in [5.41, 5.74) is 14.0. The monoisotopic (exact) mass is 664 g/mol. The first kappa shape index (κ1) is 31.0. The van der Waals surface area contributed by atoms with E-state index in [1.807, 2.05) is 36.5 Å². The standard InChI is InChI=1S/C48H32N4/c1-5-14-33(15-6-1)37-23-24-43-46(29-37)51-48(52-47(43)36-20-11-4-12-21-36)42-27-39(38-22-13-25-49-32-38)26-41(28-42)45-31-40(34-16-7-2-8-17-34)30-44(50-45)35-18-9-3-10-19-35/h1-32H. The maximum absolute atomic E-state index is 5.30. The fourth-order valence-electron chi connectivity index (χ4n) is 6.72. The third kappa shape index (κ3) is 6.26. The summed E-state index contributed by atoms with van der Waals surface area (Å²) >= 11 is 0. The van der Waals surface area contributed by atoms with Crippen molar-refractivity contribution in [2.45, 2.75) is 0 Å². The van der Waals surface area contributed by atoms with Crippen LogP contribution in [0.2, 0.25) is 0 Å². The molecule has 0 fully saturated rings. The van der Waals surface area contributed by atoms with E-state index in [9.17, 15) is 0 Å². The second kappa shape index (κ2) is 13.7. The molecule has 0 saturated carbocycles. The normalized spacial score (nSPS) is 11.1. The van der Waals surface area contributed by atoms with E-state index < -0.39 is 0 Å². The van der Waals surface area contributed by atoms with Crippen molar-refractivity contribution in [3.8, 4) is 78.5 Å². The molecule has 9 rings (SSSR count). The third-order valence-electron chi connectivity index (χ3n) is 9.34. The molecule has 0 aliphatic heterocycles. The Morgan fingerprint density at radius 2 is 0.846 bits per heavy atom. The van der Waals surface area contributed by atoms with E-state index in [1.54, 1.807) is 6.20 Å². The topological polar surface area (TPSA) is 51.6 Å². The van der Waals surface area contributed by atoms with Crippen molar-refractivity contribution in [2.75, 3.05) is 0 Å². The van der Waals surface area contributed by atoms with Gasteiger partial charge in [0.2, 0.25) is 0 Å². The van der Waals surface area contributed by atoms with Crippen LogP contribution in [0.1, 0.15) is 0 Å². The first-order valence-corrected chi connectivity index (χ1v) is 17.4. The van der Waals surface area contributed by atoms with E-state index in [4.69, 9.17) is 15.0 Å². The van der Waals surface area contributed by atoms with Crippen molar-refractivity contribution in [3.63, 3.8) is 0 Å². The second-order valence-electron chi connectivity index (χ2n) is 12.8. The zero-order valence-electron chi connectivity index (χ0n) is 28.3. The molecule has 0 aliphatic carbocycles. The van der Waals surface area contributed by atoms with Crippen molar-refractivity contribution in [2.24, 2.45) is 0 Å². The number of pyridine rings is 2. The number of rotatable bonds is 7. The van der Waals surface area contributed by atoms with Gasteiger partial charge in [-0.05, 0) is 76.3 Å². The van der Waals surface area contributed by atoms with Crippen molar-refractivity contribution in [1.29, 1.82) is 0 Å². The minimum Gasteiger partial charge on any atom is -0.264 e. The molecule has 0 spiro atoms. The Morgan fingerprint density at radius 3 is 1.50 bits per heavy atom. The van der Waals surface area contributed by atoms with Crippen LogP contribution in [0.3, 0.4) is 0 Å². The van der Waals surface area contributed by atoms with Crippen LogP contribution < -0.4 is 0 Å². The Kier molecular flexibility index (Phi) is 8.16. The van der Waals surface area contributed by atoms with Gasteiger partial charge in [0.1, 0.15) is 0 Å². The lowest BCUT2D eigenvalue weighted by Gasteiger charge is -2.14. The fraction of sp³-hybridized carbons (Fsp3) is 0. The molecule has 0 N–H and O–H groups in total. The number of fused-ring (bicyclic) bond motifs is 1. The molecule has 0 aliphatic rings. The molecule has 3 heterocycles. The molecule has 6 aromatic carbocycles. The molecule has 0 amide bonds. The van der Waals surface area contributed by atoms with Crippen LogP contribution in [0.5, 0.6) is 0 Å². The number of hydrogen-bond acceptors (Lipinski definition) is 4. The Bertz CT molecular complexity index is 2590. The molecule has 0 atom stereocenters. The van der Waals surface area contributed by atoms with E-state index in [2.05, 4.69) is 157 Å². The Labute approximate surface area is 302 Å². The summed E-state index contributed by atoms with van der Waals surface area (Å²) in [6.45, 7) is 0. The van der Waals surface area contributed by atoms with Crippen LogP contribution in [0.15, 0.2) is 194 Å². The lowest BCUT2D eigenvalue weighted by Crippen LogP contribution is -1.97. The summed E-state index contributed by atoms with van der Waals surface area (Å²) in [6, 6.07) is 63.0. The molecule has 0 radical (unpaired) electrons. The average molecular weight is 665 g/mol. The van der Waals surface area contributed by atoms with Crippen molar-refractivity contribution >= 4 is 10.9 Å². The van der Waals surface area contributed by atoms with Gasteiger partial charge in [-0.3, -0.25) is 4.98 Å². The quantitative estimate of drug-likeness (QED) is 0.170. The van der Waals surface area contributed by atoms with Crippen LogP contribution in [0.4, 0.5) is 0 Å². The van der Waals surface area contributed by atoms with Crippen LogP contribution in [0.25, 0.3) is 89.4 Å². The lowest BCUT2D eigenvalue weighted by molar-refractivity contribution is 1.23. The van der Waals surface area contributed by atoms with Crippen molar-refractivity contribution < 1.29 is 0 Å². The zero-order chi connectivity index (χ0) is 34.7. The van der Waals surface area contributed by atoms with Gasteiger partial charge in [-0.25, -0.2) is 15.0 Å². The van der Waals surface area contributed by atoms with Gasteiger partial charge in [0.15, 0.2) is 5.82 Å².